The maximum atomic E-state index is 13.8. The predicted molar refractivity (Wildman–Crippen MR) is 176 cm³/mol. The van der Waals surface area contributed by atoms with Crippen LogP contribution < -0.4 is 19.6 Å². The minimum absolute atomic E-state index is 0.0980. The smallest absolute Gasteiger partial charge is 0.239 e. The number of aromatic hydroxyl groups is 1. The van der Waals surface area contributed by atoms with Crippen LogP contribution in [-0.4, -0.2) is 49.5 Å². The van der Waals surface area contributed by atoms with Crippen LogP contribution in [0, 0.1) is 0 Å². The minimum Gasteiger partial charge on any atom is -0.507 e. The van der Waals surface area contributed by atoms with Crippen molar-refractivity contribution in [2.75, 3.05) is 39.5 Å². The monoisotopic (exact) mass is 595 g/mol. The Morgan fingerprint density at radius 2 is 1.28 bits per heavy atom. The molecule has 0 amide bonds. The summed E-state index contributed by atoms with van der Waals surface area (Å²) in [5, 5.41) is 11.0. The molecule has 238 valence electrons. The molecular weight excluding hydrogens is 542 g/mol. The normalized spacial score (nSPS) is 11.4. The quantitative estimate of drug-likeness (QED) is 0.116. The summed E-state index contributed by atoms with van der Waals surface area (Å²) in [6, 6.07) is 10.7. The van der Waals surface area contributed by atoms with Crippen LogP contribution in [0.1, 0.15) is 98.3 Å². The van der Waals surface area contributed by atoms with Crippen LogP contribution >= 0.6 is 0 Å². The van der Waals surface area contributed by atoms with Crippen LogP contribution in [0.3, 0.4) is 0 Å². The summed E-state index contributed by atoms with van der Waals surface area (Å²) in [4.78, 5) is 16.1. The van der Waals surface area contributed by atoms with E-state index in [-0.39, 0.29) is 22.5 Å². The van der Waals surface area contributed by atoms with Gasteiger partial charge < -0.3 is 28.6 Å². The number of benzene rings is 2. The van der Waals surface area contributed by atoms with Crippen molar-refractivity contribution in [3.05, 3.63) is 46.6 Å². The van der Waals surface area contributed by atoms with E-state index in [0.29, 0.717) is 36.9 Å². The molecule has 0 spiro atoms. The van der Waals surface area contributed by atoms with Gasteiger partial charge in [0.2, 0.25) is 11.2 Å². The maximum absolute atomic E-state index is 13.8. The third kappa shape index (κ3) is 10.8. The summed E-state index contributed by atoms with van der Waals surface area (Å²) in [5.41, 5.74) is 0.578. The molecule has 1 aromatic heterocycles. The number of hydrogen-bond acceptors (Lipinski definition) is 7. The van der Waals surface area contributed by atoms with Crippen molar-refractivity contribution in [3.63, 3.8) is 0 Å². The van der Waals surface area contributed by atoms with Crippen molar-refractivity contribution in [2.45, 2.75) is 98.3 Å². The molecule has 0 fully saturated rings. The number of ether oxygens (including phenoxy) is 3. The molecule has 0 bridgehead atoms. The molecule has 0 aliphatic carbocycles. The third-order valence-corrected chi connectivity index (χ3v) is 7.82. The van der Waals surface area contributed by atoms with E-state index in [1.54, 1.807) is 6.07 Å². The van der Waals surface area contributed by atoms with Crippen molar-refractivity contribution in [1.29, 1.82) is 0 Å². The molecule has 7 heteroatoms. The zero-order valence-electron chi connectivity index (χ0n) is 26.9. The van der Waals surface area contributed by atoms with E-state index in [4.69, 9.17) is 18.6 Å². The first-order valence-corrected chi connectivity index (χ1v) is 16.6. The van der Waals surface area contributed by atoms with Gasteiger partial charge in [0.15, 0.2) is 5.76 Å². The lowest BCUT2D eigenvalue weighted by Crippen LogP contribution is -2.25. The highest BCUT2D eigenvalue weighted by atomic mass is 16.5. The minimum atomic E-state index is -0.393. The number of fused-ring (bicyclic) bond motifs is 1. The molecule has 0 unspecified atom stereocenters. The average Bonchev–Trinajstić information content (AvgIpc) is 3.01. The Morgan fingerprint density at radius 1 is 0.698 bits per heavy atom. The summed E-state index contributed by atoms with van der Waals surface area (Å²) >= 11 is 0. The standard InChI is InChI=1S/C36H53NO6/c1-5-9-11-13-15-23-40-29-20-18-28(19-21-29)35-36(42-25-17-22-37(7-3)8-4)34(39)33-31(38)26-30(27-32(33)43-35)41-24-16-14-12-10-6-2/h18-21,26-27,38H,5-17,22-25H2,1-4H3. The number of unbranched alkanes of at least 4 members (excludes halogenated alkanes) is 8. The van der Waals surface area contributed by atoms with Gasteiger partial charge in [0.1, 0.15) is 28.2 Å². The molecule has 0 radical (unpaired) electrons. The maximum Gasteiger partial charge on any atom is 0.239 e. The van der Waals surface area contributed by atoms with Crippen LogP contribution in [0.5, 0.6) is 23.0 Å². The van der Waals surface area contributed by atoms with Gasteiger partial charge in [-0.1, -0.05) is 79.1 Å². The second-order valence-corrected chi connectivity index (χ2v) is 11.2. The Hall–Kier alpha value is -3.19. The van der Waals surface area contributed by atoms with Crippen LogP contribution in [-0.2, 0) is 0 Å². The third-order valence-electron chi connectivity index (χ3n) is 7.82. The number of nitrogens with zero attached hydrogens (tertiary/aromatic N) is 1. The summed E-state index contributed by atoms with van der Waals surface area (Å²) in [6.45, 7) is 13.0. The average molecular weight is 596 g/mol. The van der Waals surface area contributed by atoms with Gasteiger partial charge >= 0.3 is 0 Å². The van der Waals surface area contributed by atoms with Crippen LogP contribution in [0.2, 0.25) is 0 Å². The first kappa shape index (κ1) is 34.3. The molecule has 0 atom stereocenters. The van der Waals surface area contributed by atoms with Crippen molar-refractivity contribution < 1.29 is 23.7 Å². The molecule has 3 rings (SSSR count). The molecule has 0 aliphatic heterocycles. The van der Waals surface area contributed by atoms with E-state index in [2.05, 4.69) is 32.6 Å². The second-order valence-electron chi connectivity index (χ2n) is 11.2. The van der Waals surface area contributed by atoms with E-state index >= 15 is 0 Å². The molecule has 7 nitrogen and oxygen atoms in total. The van der Waals surface area contributed by atoms with Gasteiger partial charge in [0, 0.05) is 24.2 Å². The van der Waals surface area contributed by atoms with Gasteiger partial charge in [-0.25, -0.2) is 0 Å². The van der Waals surface area contributed by atoms with Crippen molar-refractivity contribution in [3.8, 4) is 34.3 Å². The number of phenolic OH excluding ortho intramolecular Hbond substituents is 1. The number of rotatable bonds is 22. The SMILES string of the molecule is CCCCCCCOc1ccc(-c2oc3cc(OCCCCCCC)cc(O)c3c(=O)c2OCCCN(CC)CC)cc1. The first-order chi connectivity index (χ1) is 21.0. The lowest BCUT2D eigenvalue weighted by molar-refractivity contribution is 0.246. The van der Waals surface area contributed by atoms with Crippen molar-refractivity contribution in [1.82, 2.24) is 4.90 Å². The van der Waals surface area contributed by atoms with Gasteiger partial charge in [-0.05, 0) is 56.6 Å². The fourth-order valence-corrected chi connectivity index (χ4v) is 5.16. The topological polar surface area (TPSA) is 81.4 Å². The lowest BCUT2D eigenvalue weighted by Gasteiger charge is -2.18. The van der Waals surface area contributed by atoms with Crippen molar-refractivity contribution >= 4 is 11.0 Å². The second kappa shape index (κ2) is 19.2. The van der Waals surface area contributed by atoms with E-state index < -0.39 is 5.43 Å². The van der Waals surface area contributed by atoms with Gasteiger partial charge in [-0.2, -0.15) is 0 Å². The molecular formula is C36H53NO6. The molecule has 3 aromatic rings. The molecule has 1 N–H and O–H groups in total. The Balaban J connectivity index is 1.84. The molecule has 0 aliphatic rings. The Labute approximate surface area is 258 Å². The summed E-state index contributed by atoms with van der Waals surface area (Å²) in [5.74, 6) is 1.52. The fraction of sp³-hybridized carbons (Fsp3) is 0.583. The molecule has 43 heavy (non-hydrogen) atoms. The van der Waals surface area contributed by atoms with Gasteiger partial charge in [0.25, 0.3) is 0 Å². The Kier molecular flexibility index (Phi) is 15.3. The lowest BCUT2D eigenvalue weighted by atomic mass is 10.1. The van der Waals surface area contributed by atoms with Crippen LogP contribution in [0.4, 0.5) is 0 Å². The van der Waals surface area contributed by atoms with E-state index in [0.717, 1.165) is 51.1 Å². The van der Waals surface area contributed by atoms with Gasteiger partial charge in [0.05, 0.1) is 19.8 Å². The summed E-state index contributed by atoms with van der Waals surface area (Å²) < 4.78 is 24.3. The highest BCUT2D eigenvalue weighted by Crippen LogP contribution is 2.36. The predicted octanol–water partition coefficient (Wildman–Crippen LogP) is 8.97. The fourth-order valence-electron chi connectivity index (χ4n) is 5.16. The molecule has 0 saturated carbocycles. The van der Waals surface area contributed by atoms with E-state index in [9.17, 15) is 9.90 Å². The zero-order valence-corrected chi connectivity index (χ0v) is 26.9. The Bertz CT molecular complexity index is 1270. The number of hydrogen-bond donors (Lipinski definition) is 1. The number of phenols is 1. The highest BCUT2D eigenvalue weighted by molar-refractivity contribution is 5.88. The molecule has 1 heterocycles. The zero-order chi connectivity index (χ0) is 30.9. The van der Waals surface area contributed by atoms with Gasteiger partial charge in [-0.15, -0.1) is 0 Å². The van der Waals surface area contributed by atoms with Crippen LogP contribution in [0.25, 0.3) is 22.3 Å². The van der Waals surface area contributed by atoms with Gasteiger partial charge in [-0.3, -0.25) is 4.79 Å². The van der Waals surface area contributed by atoms with E-state index in [1.165, 1.54) is 51.0 Å². The summed E-state index contributed by atoms with van der Waals surface area (Å²) in [7, 11) is 0. The molecule has 2 aromatic carbocycles. The Morgan fingerprint density at radius 3 is 1.88 bits per heavy atom. The molecule has 0 saturated heterocycles. The summed E-state index contributed by atoms with van der Waals surface area (Å²) in [6.07, 6.45) is 12.3. The van der Waals surface area contributed by atoms with E-state index in [1.807, 2.05) is 24.3 Å². The first-order valence-electron chi connectivity index (χ1n) is 16.6. The van der Waals surface area contributed by atoms with Crippen molar-refractivity contribution in [2.24, 2.45) is 0 Å². The van der Waals surface area contributed by atoms with Crippen LogP contribution in [0.15, 0.2) is 45.6 Å². The highest BCUT2D eigenvalue weighted by Gasteiger charge is 2.21. The largest absolute Gasteiger partial charge is 0.507 e.